The number of fused-ring (bicyclic) bond motifs is 2. The Morgan fingerprint density at radius 1 is 1.08 bits per heavy atom. The zero-order valence-electron chi connectivity index (χ0n) is 14.5. The van der Waals surface area contributed by atoms with Crippen molar-refractivity contribution in [1.82, 2.24) is 4.90 Å². The van der Waals surface area contributed by atoms with Crippen LogP contribution < -0.4 is 0 Å². The van der Waals surface area contributed by atoms with Gasteiger partial charge in [0.2, 0.25) is 0 Å². The first-order valence-electron chi connectivity index (χ1n) is 8.25. The molecule has 0 aromatic heterocycles. The van der Waals surface area contributed by atoms with Crippen LogP contribution >= 0.6 is 0 Å². The molecule has 7 heteroatoms. The van der Waals surface area contributed by atoms with Crippen LogP contribution in [0.5, 0.6) is 0 Å². The van der Waals surface area contributed by atoms with Crippen LogP contribution in [0, 0.1) is 0 Å². The Bertz CT molecular complexity index is 851. The maximum Gasteiger partial charge on any atom is 0.416 e. The molecule has 26 heavy (non-hydrogen) atoms. The number of nitrogens with zero attached hydrogens (tertiary/aromatic N) is 1. The number of rotatable bonds is 4. The molecule has 0 fully saturated rings. The highest BCUT2D eigenvalue weighted by atomic mass is 32.2. The summed E-state index contributed by atoms with van der Waals surface area (Å²) >= 11 is 0. The normalized spacial score (nSPS) is 22.2. The Morgan fingerprint density at radius 3 is 2.38 bits per heavy atom. The molecule has 0 bridgehead atoms. The molecule has 140 valence electrons. The molecule has 1 N–H and O–H groups in total. The van der Waals surface area contributed by atoms with Gasteiger partial charge in [0.1, 0.15) is 5.60 Å². The topological polar surface area (TPSA) is 40.5 Å². The molecule has 3 nitrogen and oxygen atoms in total. The second-order valence-corrected chi connectivity index (χ2v) is 8.16. The van der Waals surface area contributed by atoms with Crippen LogP contribution in [0.4, 0.5) is 13.2 Å². The van der Waals surface area contributed by atoms with Crippen LogP contribution in [0.25, 0.3) is 0 Å². The molecule has 0 spiro atoms. The minimum Gasteiger partial charge on any atom is -0.380 e. The molecule has 1 aliphatic rings. The second-order valence-electron chi connectivity index (χ2n) is 6.74. The molecule has 2 unspecified atom stereocenters. The number of benzene rings is 2. The second kappa shape index (κ2) is 6.79. The maximum absolute atomic E-state index is 13.2. The lowest BCUT2D eigenvalue weighted by atomic mass is 9.81. The number of alkyl halides is 3. The van der Waals surface area contributed by atoms with Gasteiger partial charge in [0.15, 0.2) is 0 Å². The van der Waals surface area contributed by atoms with Crippen molar-refractivity contribution in [1.29, 1.82) is 0 Å². The average Bonchev–Trinajstić information content (AvgIpc) is 2.58. The summed E-state index contributed by atoms with van der Waals surface area (Å²) in [4.78, 5) is 2.64. The highest BCUT2D eigenvalue weighted by Gasteiger charge is 2.43. The summed E-state index contributed by atoms with van der Waals surface area (Å²) in [6, 6.07) is 9.80. The summed E-state index contributed by atoms with van der Waals surface area (Å²) in [6.45, 7) is 0.682. The van der Waals surface area contributed by atoms with Crippen molar-refractivity contribution >= 4 is 10.8 Å². The molecule has 0 radical (unpaired) electrons. The SMILES string of the molecule is CN(C)CCCC1(O)c2ccccc2S(=O)c2ccc(C(F)(F)F)cc21. The van der Waals surface area contributed by atoms with Crippen molar-refractivity contribution in [3.8, 4) is 0 Å². The van der Waals surface area contributed by atoms with Gasteiger partial charge in [-0.15, -0.1) is 0 Å². The van der Waals surface area contributed by atoms with E-state index in [2.05, 4.69) is 0 Å². The molecule has 0 aliphatic carbocycles. The molecule has 3 rings (SSSR count). The van der Waals surface area contributed by atoms with Gasteiger partial charge in [-0.1, -0.05) is 18.2 Å². The Balaban J connectivity index is 2.16. The van der Waals surface area contributed by atoms with E-state index in [1.54, 1.807) is 24.3 Å². The van der Waals surface area contributed by atoms with Gasteiger partial charge in [-0.2, -0.15) is 13.2 Å². The van der Waals surface area contributed by atoms with Crippen LogP contribution in [-0.4, -0.2) is 34.9 Å². The summed E-state index contributed by atoms with van der Waals surface area (Å²) in [6.07, 6.45) is -3.70. The smallest absolute Gasteiger partial charge is 0.380 e. The van der Waals surface area contributed by atoms with Crippen molar-refractivity contribution in [3.63, 3.8) is 0 Å². The van der Waals surface area contributed by atoms with E-state index in [0.29, 0.717) is 23.4 Å². The lowest BCUT2D eigenvalue weighted by Crippen LogP contribution is -2.35. The molecule has 1 heterocycles. The molecule has 0 saturated heterocycles. The quantitative estimate of drug-likeness (QED) is 0.874. The van der Waals surface area contributed by atoms with Gasteiger partial charge in [-0.05, 0) is 57.7 Å². The molecule has 1 aliphatic heterocycles. The molecule has 2 atom stereocenters. The van der Waals surface area contributed by atoms with Gasteiger partial charge in [-0.25, -0.2) is 4.21 Å². The minimum atomic E-state index is -4.53. The van der Waals surface area contributed by atoms with Gasteiger partial charge in [0.25, 0.3) is 0 Å². The summed E-state index contributed by atoms with van der Waals surface area (Å²) in [7, 11) is 2.16. The Labute approximate surface area is 152 Å². The monoisotopic (exact) mass is 383 g/mol. The largest absolute Gasteiger partial charge is 0.416 e. The van der Waals surface area contributed by atoms with E-state index < -0.39 is 28.1 Å². The van der Waals surface area contributed by atoms with Gasteiger partial charge >= 0.3 is 6.18 Å². The minimum absolute atomic E-state index is 0.0862. The van der Waals surface area contributed by atoms with Crippen LogP contribution in [0.15, 0.2) is 52.3 Å². The zero-order valence-corrected chi connectivity index (χ0v) is 15.3. The van der Waals surface area contributed by atoms with Crippen molar-refractivity contribution in [2.45, 2.75) is 34.4 Å². The third-order valence-electron chi connectivity index (χ3n) is 4.63. The fourth-order valence-electron chi connectivity index (χ4n) is 3.35. The predicted octanol–water partition coefficient (Wildman–Crippen LogP) is 3.76. The molecular formula is C19H20F3NO2S. The third-order valence-corrected chi connectivity index (χ3v) is 6.14. The number of hydrogen-bond donors (Lipinski definition) is 1. The van der Waals surface area contributed by atoms with Crippen molar-refractivity contribution in [2.24, 2.45) is 0 Å². The van der Waals surface area contributed by atoms with E-state index >= 15 is 0 Å². The van der Waals surface area contributed by atoms with Gasteiger partial charge in [0.05, 0.1) is 26.2 Å². The molecular weight excluding hydrogens is 363 g/mol. The first-order chi connectivity index (χ1) is 12.1. The third kappa shape index (κ3) is 3.31. The lowest BCUT2D eigenvalue weighted by Gasteiger charge is -2.36. The number of aliphatic hydroxyl groups is 1. The Kier molecular flexibility index (Phi) is 4.98. The first-order valence-corrected chi connectivity index (χ1v) is 9.39. The molecule has 0 amide bonds. The van der Waals surface area contributed by atoms with E-state index in [1.807, 2.05) is 19.0 Å². The summed E-state index contributed by atoms with van der Waals surface area (Å²) in [5, 5.41) is 11.5. The molecule has 0 saturated carbocycles. The number of hydrogen-bond acceptors (Lipinski definition) is 3. The van der Waals surface area contributed by atoms with Gasteiger partial charge in [-0.3, -0.25) is 0 Å². The Hall–Kier alpha value is -1.70. The zero-order chi connectivity index (χ0) is 19.1. The standard InChI is InChI=1S/C19H20F3NO2S/c1-23(2)11-5-10-18(24)14-6-3-4-7-16(14)26(25)17-9-8-13(12-15(17)18)19(20,21)22/h3-4,6-9,12,24H,5,10-11H2,1-2H3. The van der Waals surface area contributed by atoms with Gasteiger partial charge in [0, 0.05) is 11.1 Å². The van der Waals surface area contributed by atoms with E-state index in [-0.39, 0.29) is 16.9 Å². The Morgan fingerprint density at radius 2 is 1.73 bits per heavy atom. The van der Waals surface area contributed by atoms with Crippen LogP contribution in [0.1, 0.15) is 29.5 Å². The van der Waals surface area contributed by atoms with Gasteiger partial charge < -0.3 is 10.0 Å². The summed E-state index contributed by atoms with van der Waals surface area (Å²) < 4.78 is 52.4. The van der Waals surface area contributed by atoms with Crippen molar-refractivity contribution < 1.29 is 22.5 Å². The van der Waals surface area contributed by atoms with Crippen LogP contribution in [0.3, 0.4) is 0 Å². The average molecular weight is 383 g/mol. The van der Waals surface area contributed by atoms with E-state index in [4.69, 9.17) is 0 Å². The predicted molar refractivity (Wildman–Crippen MR) is 93.3 cm³/mol. The van der Waals surface area contributed by atoms with Crippen molar-refractivity contribution in [3.05, 3.63) is 59.2 Å². The maximum atomic E-state index is 13.2. The lowest BCUT2D eigenvalue weighted by molar-refractivity contribution is -0.137. The van der Waals surface area contributed by atoms with E-state index in [9.17, 15) is 22.5 Å². The number of halogens is 3. The molecule has 2 aromatic rings. The van der Waals surface area contributed by atoms with E-state index in [1.165, 1.54) is 6.07 Å². The van der Waals surface area contributed by atoms with Crippen molar-refractivity contribution in [2.75, 3.05) is 20.6 Å². The fourth-order valence-corrected chi connectivity index (χ4v) is 4.84. The van der Waals surface area contributed by atoms with Crippen LogP contribution in [0.2, 0.25) is 0 Å². The van der Waals surface area contributed by atoms with Crippen LogP contribution in [-0.2, 0) is 22.6 Å². The highest BCUT2D eigenvalue weighted by molar-refractivity contribution is 7.85. The fraction of sp³-hybridized carbons (Fsp3) is 0.368. The van der Waals surface area contributed by atoms with E-state index in [0.717, 1.165) is 12.1 Å². The summed E-state index contributed by atoms with van der Waals surface area (Å²) in [5.41, 5.74) is -1.94. The highest BCUT2D eigenvalue weighted by Crippen LogP contribution is 2.46. The molecule has 2 aromatic carbocycles. The first kappa shape index (κ1) is 19.1. The summed E-state index contributed by atoms with van der Waals surface area (Å²) in [5.74, 6) is 0.